The monoisotopic (exact) mass is 340 g/mol. The highest BCUT2D eigenvalue weighted by Gasteiger charge is 2.14. The van der Waals surface area contributed by atoms with Crippen molar-refractivity contribution in [2.24, 2.45) is 0 Å². The van der Waals surface area contributed by atoms with E-state index in [1.54, 1.807) is 23.5 Å². The number of methoxy groups -OCH3 is 2. The lowest BCUT2D eigenvalue weighted by Gasteiger charge is -2.16. The van der Waals surface area contributed by atoms with E-state index in [1.807, 2.05) is 24.4 Å². The summed E-state index contributed by atoms with van der Waals surface area (Å²) in [4.78, 5) is 13.2. The molecule has 0 aliphatic heterocycles. The molecule has 2 rings (SSSR count). The largest absolute Gasteiger partial charge is 0.495 e. The first-order chi connectivity index (χ1) is 10.5. The van der Waals surface area contributed by atoms with Crippen LogP contribution in [-0.4, -0.2) is 20.3 Å². The van der Waals surface area contributed by atoms with Gasteiger partial charge in [-0.15, -0.1) is 11.3 Å². The Morgan fingerprint density at radius 3 is 2.59 bits per heavy atom. The SMILES string of the molecule is COc1cc(NC(=O)N[C@@H](C)c2cccs2)c(OC)cc1Cl. The highest BCUT2D eigenvalue weighted by Crippen LogP contribution is 2.35. The molecule has 2 amide bonds. The van der Waals surface area contributed by atoms with Gasteiger partial charge in [-0.2, -0.15) is 0 Å². The van der Waals surface area contributed by atoms with Crippen molar-refractivity contribution < 1.29 is 14.3 Å². The number of carbonyl (C=O) groups excluding carboxylic acids is 1. The third-order valence-electron chi connectivity index (χ3n) is 3.04. The standard InChI is InChI=1S/C15H17ClN2O3S/c1-9(14-5-4-6-22-14)17-15(19)18-11-8-12(20-2)10(16)7-13(11)21-3/h4-9H,1-3H3,(H2,17,18,19)/t9-/m0/s1. The van der Waals surface area contributed by atoms with Crippen LogP contribution in [0.2, 0.25) is 5.02 Å². The molecule has 118 valence electrons. The van der Waals surface area contributed by atoms with Gasteiger partial charge in [0.1, 0.15) is 11.5 Å². The summed E-state index contributed by atoms with van der Waals surface area (Å²) in [5.74, 6) is 0.925. The van der Waals surface area contributed by atoms with Gasteiger partial charge in [-0.05, 0) is 18.4 Å². The third-order valence-corrected chi connectivity index (χ3v) is 4.39. The number of rotatable bonds is 5. The normalized spacial score (nSPS) is 11.6. The Hall–Kier alpha value is -1.92. The first-order valence-corrected chi connectivity index (χ1v) is 7.83. The number of thiophene rings is 1. The van der Waals surface area contributed by atoms with Crippen molar-refractivity contribution in [3.05, 3.63) is 39.5 Å². The van der Waals surface area contributed by atoms with Gasteiger partial charge in [0.15, 0.2) is 0 Å². The van der Waals surface area contributed by atoms with Crippen molar-refractivity contribution in [1.82, 2.24) is 5.32 Å². The lowest BCUT2D eigenvalue weighted by Crippen LogP contribution is -2.30. The average Bonchev–Trinajstić information content (AvgIpc) is 3.02. The number of benzene rings is 1. The van der Waals surface area contributed by atoms with Gasteiger partial charge in [-0.1, -0.05) is 17.7 Å². The number of urea groups is 1. The molecule has 0 saturated carbocycles. The third kappa shape index (κ3) is 3.84. The smallest absolute Gasteiger partial charge is 0.319 e. The Kier molecular flexibility index (Phi) is 5.51. The minimum absolute atomic E-state index is 0.0832. The molecule has 1 atom stereocenters. The molecule has 2 N–H and O–H groups in total. The molecule has 0 bridgehead atoms. The molecule has 0 saturated heterocycles. The molecule has 22 heavy (non-hydrogen) atoms. The Balaban J connectivity index is 2.10. The molecule has 0 radical (unpaired) electrons. The van der Waals surface area contributed by atoms with Crippen LogP contribution in [0.15, 0.2) is 29.6 Å². The lowest BCUT2D eigenvalue weighted by molar-refractivity contribution is 0.249. The van der Waals surface area contributed by atoms with Crippen LogP contribution < -0.4 is 20.1 Å². The van der Waals surface area contributed by atoms with Crippen LogP contribution in [0.4, 0.5) is 10.5 Å². The summed E-state index contributed by atoms with van der Waals surface area (Å²) in [6.07, 6.45) is 0. The number of ether oxygens (including phenoxy) is 2. The van der Waals surface area contributed by atoms with E-state index >= 15 is 0 Å². The predicted octanol–water partition coefficient (Wildman–Crippen LogP) is 4.30. The summed E-state index contributed by atoms with van der Waals surface area (Å²) in [7, 11) is 3.02. The van der Waals surface area contributed by atoms with Crippen LogP contribution >= 0.6 is 22.9 Å². The predicted molar refractivity (Wildman–Crippen MR) is 89.4 cm³/mol. The first-order valence-electron chi connectivity index (χ1n) is 6.57. The second-order valence-corrected chi connectivity index (χ2v) is 5.91. The van der Waals surface area contributed by atoms with Crippen LogP contribution in [0.25, 0.3) is 0 Å². The van der Waals surface area contributed by atoms with Crippen LogP contribution in [0.5, 0.6) is 11.5 Å². The topological polar surface area (TPSA) is 59.6 Å². The number of hydrogen-bond donors (Lipinski definition) is 2. The van der Waals surface area contributed by atoms with Gasteiger partial charge in [0.25, 0.3) is 0 Å². The Labute approximate surface area is 138 Å². The molecule has 0 aliphatic carbocycles. The Morgan fingerprint density at radius 2 is 2.00 bits per heavy atom. The molecule has 0 unspecified atom stereocenters. The van der Waals surface area contributed by atoms with Crippen LogP contribution in [-0.2, 0) is 0 Å². The second kappa shape index (κ2) is 7.38. The van der Waals surface area contributed by atoms with E-state index in [1.165, 1.54) is 14.2 Å². The van der Waals surface area contributed by atoms with Gasteiger partial charge in [0.05, 0.1) is 31.0 Å². The molecule has 5 nitrogen and oxygen atoms in total. The van der Waals surface area contributed by atoms with E-state index in [0.29, 0.717) is 22.2 Å². The average molecular weight is 341 g/mol. The first kappa shape index (κ1) is 16.5. The highest BCUT2D eigenvalue weighted by atomic mass is 35.5. The van der Waals surface area contributed by atoms with Gasteiger partial charge in [0, 0.05) is 17.0 Å². The minimum Gasteiger partial charge on any atom is -0.495 e. The summed E-state index contributed by atoms with van der Waals surface area (Å²) in [5, 5.41) is 8.00. The number of hydrogen-bond acceptors (Lipinski definition) is 4. The van der Waals surface area contributed by atoms with Gasteiger partial charge in [0.2, 0.25) is 0 Å². The molecular formula is C15H17ClN2O3S. The molecule has 2 aromatic rings. The number of halogens is 1. The molecule has 1 aromatic carbocycles. The summed E-state index contributed by atoms with van der Waals surface area (Å²) >= 11 is 7.63. The maximum Gasteiger partial charge on any atom is 0.319 e. The van der Waals surface area contributed by atoms with E-state index in [0.717, 1.165) is 4.88 Å². The molecule has 0 fully saturated rings. The van der Waals surface area contributed by atoms with Gasteiger partial charge < -0.3 is 20.1 Å². The lowest BCUT2D eigenvalue weighted by atomic mass is 10.2. The van der Waals surface area contributed by atoms with E-state index in [9.17, 15) is 4.79 Å². The second-order valence-electron chi connectivity index (χ2n) is 4.52. The van der Waals surface area contributed by atoms with Gasteiger partial charge >= 0.3 is 6.03 Å². The van der Waals surface area contributed by atoms with E-state index < -0.39 is 0 Å². The van der Waals surface area contributed by atoms with Gasteiger partial charge in [-0.25, -0.2) is 4.79 Å². The highest BCUT2D eigenvalue weighted by molar-refractivity contribution is 7.10. The molecule has 1 aromatic heterocycles. The van der Waals surface area contributed by atoms with Gasteiger partial charge in [-0.3, -0.25) is 0 Å². The van der Waals surface area contributed by atoms with Crippen molar-refractivity contribution in [2.45, 2.75) is 13.0 Å². The van der Waals surface area contributed by atoms with E-state index in [-0.39, 0.29) is 12.1 Å². The number of amides is 2. The molecule has 1 heterocycles. The summed E-state index contributed by atoms with van der Waals surface area (Å²) in [5.41, 5.74) is 0.486. The van der Waals surface area contributed by atoms with Crippen LogP contribution in [0.3, 0.4) is 0 Å². The molecule has 0 aliphatic rings. The van der Waals surface area contributed by atoms with Crippen molar-refractivity contribution in [2.75, 3.05) is 19.5 Å². The Bertz CT molecular complexity index is 646. The number of anilines is 1. The fourth-order valence-corrected chi connectivity index (χ4v) is 2.89. The molecular weight excluding hydrogens is 324 g/mol. The van der Waals surface area contributed by atoms with E-state index in [2.05, 4.69) is 10.6 Å². The summed E-state index contributed by atoms with van der Waals surface area (Å²) < 4.78 is 10.4. The number of nitrogens with one attached hydrogen (secondary N) is 2. The van der Waals surface area contributed by atoms with Crippen molar-refractivity contribution in [3.8, 4) is 11.5 Å². The minimum atomic E-state index is -0.330. The quantitative estimate of drug-likeness (QED) is 0.853. The van der Waals surface area contributed by atoms with Crippen molar-refractivity contribution >= 4 is 34.7 Å². The zero-order chi connectivity index (χ0) is 16.1. The molecule has 0 spiro atoms. The zero-order valence-electron chi connectivity index (χ0n) is 12.5. The van der Waals surface area contributed by atoms with Crippen molar-refractivity contribution in [1.29, 1.82) is 0 Å². The maximum absolute atomic E-state index is 12.1. The fourth-order valence-electron chi connectivity index (χ4n) is 1.92. The van der Waals surface area contributed by atoms with Crippen LogP contribution in [0.1, 0.15) is 17.8 Å². The zero-order valence-corrected chi connectivity index (χ0v) is 14.0. The summed E-state index contributed by atoms with van der Waals surface area (Å²) in [6, 6.07) is 6.73. The fraction of sp³-hybridized carbons (Fsp3) is 0.267. The maximum atomic E-state index is 12.1. The van der Waals surface area contributed by atoms with E-state index in [4.69, 9.17) is 21.1 Å². The number of carbonyl (C=O) groups is 1. The Morgan fingerprint density at radius 1 is 1.27 bits per heavy atom. The van der Waals surface area contributed by atoms with Crippen molar-refractivity contribution in [3.63, 3.8) is 0 Å². The molecule has 7 heteroatoms. The van der Waals surface area contributed by atoms with Crippen LogP contribution in [0, 0.1) is 0 Å². The summed E-state index contributed by atoms with van der Waals surface area (Å²) in [6.45, 7) is 1.92.